The summed E-state index contributed by atoms with van der Waals surface area (Å²) < 4.78 is 31.9. The lowest BCUT2D eigenvalue weighted by atomic mass is 10.0. The minimum absolute atomic E-state index is 0.00407. The van der Waals surface area contributed by atoms with Gasteiger partial charge < -0.3 is 15.0 Å². The molecule has 0 aliphatic heterocycles. The number of carbonyl (C=O) groups is 2. The molecule has 0 unspecified atom stereocenters. The number of ether oxygens (including phenoxy) is 1. The minimum Gasteiger partial charge on any atom is -0.494 e. The average Bonchev–Trinajstić information content (AvgIpc) is 2.87. The Labute approximate surface area is 228 Å². The molecular weight excluding hydrogens is 502 g/mol. The van der Waals surface area contributed by atoms with E-state index in [2.05, 4.69) is 5.32 Å². The zero-order valence-corrected chi connectivity index (χ0v) is 24.4. The number of nitrogens with one attached hydrogen (secondary N) is 1. The lowest BCUT2D eigenvalue weighted by Crippen LogP contribution is -2.50. The summed E-state index contributed by atoms with van der Waals surface area (Å²) in [7, 11) is -3.56. The normalized spacial score (nSPS) is 12.9. The van der Waals surface area contributed by atoms with Crippen LogP contribution in [0.5, 0.6) is 5.75 Å². The first-order valence-electron chi connectivity index (χ1n) is 13.4. The summed E-state index contributed by atoms with van der Waals surface area (Å²) in [5.74, 6) is 0.309. The summed E-state index contributed by atoms with van der Waals surface area (Å²) in [6.45, 7) is 10.7. The summed E-state index contributed by atoms with van der Waals surface area (Å²) in [6.07, 6.45) is 2.85. The van der Waals surface area contributed by atoms with Crippen molar-refractivity contribution in [3.63, 3.8) is 0 Å². The molecule has 9 heteroatoms. The first-order valence-corrected chi connectivity index (χ1v) is 15.2. The van der Waals surface area contributed by atoms with Gasteiger partial charge in [0.2, 0.25) is 21.8 Å². The maximum absolute atomic E-state index is 13.6. The van der Waals surface area contributed by atoms with Gasteiger partial charge in [0.15, 0.2) is 0 Å². The molecule has 0 saturated carbocycles. The summed E-state index contributed by atoms with van der Waals surface area (Å²) in [4.78, 5) is 28.3. The lowest BCUT2D eigenvalue weighted by Gasteiger charge is -2.32. The Bertz CT molecular complexity index is 1150. The van der Waals surface area contributed by atoms with Gasteiger partial charge in [-0.3, -0.25) is 13.9 Å². The SMILES string of the molecule is CCOc1ccc(N(CCCC(=O)N(Cc2ccccc2C)[C@H](CC)C(=O)N[C@H](C)CC)S(C)(=O)=O)cc1. The van der Waals surface area contributed by atoms with Gasteiger partial charge in [0, 0.05) is 25.6 Å². The van der Waals surface area contributed by atoms with Crippen molar-refractivity contribution < 1.29 is 22.7 Å². The highest BCUT2D eigenvalue weighted by Crippen LogP contribution is 2.23. The molecule has 2 aromatic rings. The second kappa shape index (κ2) is 14.8. The average molecular weight is 546 g/mol. The lowest BCUT2D eigenvalue weighted by molar-refractivity contribution is -0.141. The summed E-state index contributed by atoms with van der Waals surface area (Å²) >= 11 is 0. The molecule has 0 aliphatic rings. The molecule has 0 bridgehead atoms. The van der Waals surface area contributed by atoms with Gasteiger partial charge in [-0.25, -0.2) is 8.42 Å². The van der Waals surface area contributed by atoms with E-state index in [1.54, 1.807) is 29.2 Å². The number of anilines is 1. The number of nitrogens with zero attached hydrogens (tertiary/aromatic N) is 2. The summed E-state index contributed by atoms with van der Waals surface area (Å²) in [5.41, 5.74) is 2.53. The molecule has 0 fully saturated rings. The molecule has 2 rings (SSSR count). The number of hydrogen-bond donors (Lipinski definition) is 1. The van der Waals surface area contributed by atoms with E-state index in [9.17, 15) is 18.0 Å². The van der Waals surface area contributed by atoms with Crippen LogP contribution in [0, 0.1) is 6.92 Å². The van der Waals surface area contributed by atoms with E-state index in [0.29, 0.717) is 37.4 Å². The molecule has 0 radical (unpaired) electrons. The fraction of sp³-hybridized carbons (Fsp3) is 0.517. The van der Waals surface area contributed by atoms with E-state index in [1.165, 1.54) is 4.31 Å². The highest BCUT2D eigenvalue weighted by molar-refractivity contribution is 7.92. The fourth-order valence-corrected chi connectivity index (χ4v) is 5.18. The fourth-order valence-electron chi connectivity index (χ4n) is 4.21. The molecule has 0 spiro atoms. The molecule has 38 heavy (non-hydrogen) atoms. The Morgan fingerprint density at radius 2 is 1.66 bits per heavy atom. The topological polar surface area (TPSA) is 96.0 Å². The van der Waals surface area contributed by atoms with Gasteiger partial charge in [0.25, 0.3) is 0 Å². The van der Waals surface area contributed by atoms with Crippen LogP contribution in [0.1, 0.15) is 64.5 Å². The summed E-state index contributed by atoms with van der Waals surface area (Å²) in [5, 5.41) is 3.01. The molecule has 0 aromatic heterocycles. The number of carbonyl (C=O) groups excluding carboxylic acids is 2. The predicted octanol–water partition coefficient (Wildman–Crippen LogP) is 4.66. The van der Waals surface area contributed by atoms with Crippen LogP contribution in [0.25, 0.3) is 0 Å². The zero-order valence-electron chi connectivity index (χ0n) is 23.6. The van der Waals surface area contributed by atoms with Crippen LogP contribution in [-0.2, 0) is 26.2 Å². The Balaban J connectivity index is 2.22. The van der Waals surface area contributed by atoms with Crippen LogP contribution in [-0.4, -0.2) is 56.6 Å². The third-order valence-electron chi connectivity index (χ3n) is 6.58. The van der Waals surface area contributed by atoms with E-state index >= 15 is 0 Å². The van der Waals surface area contributed by atoms with E-state index < -0.39 is 16.1 Å². The van der Waals surface area contributed by atoms with Gasteiger partial charge >= 0.3 is 0 Å². The van der Waals surface area contributed by atoms with Gasteiger partial charge in [-0.15, -0.1) is 0 Å². The van der Waals surface area contributed by atoms with E-state index in [-0.39, 0.29) is 30.8 Å². The number of sulfonamides is 1. The highest BCUT2D eigenvalue weighted by atomic mass is 32.2. The Morgan fingerprint density at radius 1 is 1.00 bits per heavy atom. The van der Waals surface area contributed by atoms with Crippen molar-refractivity contribution >= 4 is 27.5 Å². The smallest absolute Gasteiger partial charge is 0.243 e. The maximum atomic E-state index is 13.6. The van der Waals surface area contributed by atoms with Crippen molar-refractivity contribution in [2.45, 2.75) is 78.9 Å². The molecule has 2 aromatic carbocycles. The standard InChI is InChI=1S/C29H43N3O5S/c1-7-23(5)30-29(34)27(8-2)31(21-24-14-11-10-13-22(24)4)28(33)15-12-20-32(38(6,35)36)25-16-18-26(19-17-25)37-9-3/h10-11,13-14,16-19,23,27H,7-9,12,15,20-21H2,1-6H3,(H,30,34)/t23-,27-/m1/s1. The molecule has 0 heterocycles. The predicted molar refractivity (Wildman–Crippen MR) is 153 cm³/mol. The van der Waals surface area contributed by atoms with E-state index in [1.807, 2.05) is 58.9 Å². The van der Waals surface area contributed by atoms with Gasteiger partial charge in [-0.05, 0) is 75.4 Å². The van der Waals surface area contributed by atoms with Gasteiger partial charge in [0.05, 0.1) is 18.6 Å². The van der Waals surface area contributed by atoms with Gasteiger partial charge in [-0.1, -0.05) is 38.1 Å². The Kier molecular flexibility index (Phi) is 12.1. The molecule has 0 saturated heterocycles. The Morgan fingerprint density at radius 3 is 2.21 bits per heavy atom. The third-order valence-corrected chi connectivity index (χ3v) is 7.77. The molecular formula is C29H43N3O5S. The van der Waals surface area contributed by atoms with Crippen LogP contribution in [0.15, 0.2) is 48.5 Å². The number of benzene rings is 2. The Hall–Kier alpha value is -3.07. The molecule has 210 valence electrons. The molecule has 2 atom stereocenters. The van der Waals surface area contributed by atoms with Crippen molar-refractivity contribution in [1.82, 2.24) is 10.2 Å². The number of hydrogen-bond acceptors (Lipinski definition) is 5. The van der Waals surface area contributed by atoms with E-state index in [0.717, 1.165) is 23.8 Å². The van der Waals surface area contributed by atoms with Crippen LogP contribution in [0.2, 0.25) is 0 Å². The van der Waals surface area contributed by atoms with Gasteiger partial charge in [-0.2, -0.15) is 0 Å². The molecule has 8 nitrogen and oxygen atoms in total. The number of rotatable bonds is 15. The van der Waals surface area contributed by atoms with E-state index in [4.69, 9.17) is 4.74 Å². The second-order valence-electron chi connectivity index (χ2n) is 9.56. The quantitative estimate of drug-likeness (QED) is 0.351. The zero-order chi connectivity index (χ0) is 28.3. The van der Waals surface area contributed by atoms with Crippen LogP contribution in [0.4, 0.5) is 5.69 Å². The first kappa shape index (κ1) is 31.1. The van der Waals surface area contributed by atoms with Crippen molar-refractivity contribution in [2.24, 2.45) is 0 Å². The number of amides is 2. The van der Waals surface area contributed by atoms with Crippen LogP contribution >= 0.6 is 0 Å². The minimum atomic E-state index is -3.56. The molecule has 0 aliphatic carbocycles. The molecule has 1 N–H and O–H groups in total. The second-order valence-corrected chi connectivity index (χ2v) is 11.5. The summed E-state index contributed by atoms with van der Waals surface area (Å²) in [6, 6.07) is 14.1. The number of aryl methyl sites for hydroxylation is 1. The maximum Gasteiger partial charge on any atom is 0.243 e. The van der Waals surface area contributed by atoms with Crippen molar-refractivity contribution in [2.75, 3.05) is 23.7 Å². The van der Waals surface area contributed by atoms with Crippen LogP contribution in [0.3, 0.4) is 0 Å². The van der Waals surface area contributed by atoms with Crippen molar-refractivity contribution in [1.29, 1.82) is 0 Å². The first-order chi connectivity index (χ1) is 18.0. The molecule has 2 amide bonds. The monoisotopic (exact) mass is 545 g/mol. The highest BCUT2D eigenvalue weighted by Gasteiger charge is 2.29. The van der Waals surface area contributed by atoms with Gasteiger partial charge in [0.1, 0.15) is 11.8 Å². The van der Waals surface area contributed by atoms with Crippen molar-refractivity contribution in [3.05, 3.63) is 59.7 Å². The third kappa shape index (κ3) is 9.04. The van der Waals surface area contributed by atoms with Crippen LogP contribution < -0.4 is 14.4 Å². The largest absolute Gasteiger partial charge is 0.494 e. The van der Waals surface area contributed by atoms with Crippen molar-refractivity contribution in [3.8, 4) is 5.75 Å².